The van der Waals surface area contributed by atoms with E-state index in [4.69, 9.17) is 11.6 Å². The SMILES string of the molecule is CNS(=O)(=O)c1ccc(NC(=O)C(C)(C)O)c(Cl)c1. The number of carbonyl (C=O) groups excluding carboxylic acids is 1. The number of hydrogen-bond donors (Lipinski definition) is 3. The van der Waals surface area contributed by atoms with Gasteiger partial charge in [0.15, 0.2) is 0 Å². The fraction of sp³-hybridized carbons (Fsp3) is 0.364. The molecule has 6 nitrogen and oxygen atoms in total. The van der Waals surface area contributed by atoms with Gasteiger partial charge in [-0.05, 0) is 39.1 Å². The molecule has 8 heteroatoms. The second-order valence-corrected chi connectivity index (χ2v) is 6.66. The van der Waals surface area contributed by atoms with Crippen LogP contribution in [0.3, 0.4) is 0 Å². The van der Waals surface area contributed by atoms with Crippen molar-refractivity contribution in [3.63, 3.8) is 0 Å². The summed E-state index contributed by atoms with van der Waals surface area (Å²) in [5, 5.41) is 12.0. The molecule has 0 atom stereocenters. The van der Waals surface area contributed by atoms with Crippen LogP contribution in [-0.2, 0) is 14.8 Å². The molecule has 0 radical (unpaired) electrons. The highest BCUT2D eigenvalue weighted by molar-refractivity contribution is 7.89. The molecule has 0 bridgehead atoms. The van der Waals surface area contributed by atoms with E-state index in [1.165, 1.54) is 39.1 Å². The number of anilines is 1. The molecule has 0 unspecified atom stereocenters. The molecule has 1 amide bonds. The van der Waals surface area contributed by atoms with Gasteiger partial charge in [0, 0.05) is 0 Å². The fourth-order valence-electron chi connectivity index (χ4n) is 1.16. The first-order valence-electron chi connectivity index (χ1n) is 5.35. The zero-order valence-corrected chi connectivity index (χ0v) is 12.3. The van der Waals surface area contributed by atoms with Gasteiger partial charge in [-0.15, -0.1) is 0 Å². The largest absolute Gasteiger partial charge is 0.381 e. The average molecular weight is 307 g/mol. The molecule has 0 aliphatic carbocycles. The van der Waals surface area contributed by atoms with Crippen LogP contribution in [0.1, 0.15) is 13.8 Å². The van der Waals surface area contributed by atoms with Gasteiger partial charge in [0.2, 0.25) is 10.0 Å². The lowest BCUT2D eigenvalue weighted by Crippen LogP contribution is -2.36. The first-order chi connectivity index (χ1) is 8.58. The Kier molecular flexibility index (Phi) is 4.57. The fourth-order valence-corrected chi connectivity index (χ4v) is 2.21. The monoisotopic (exact) mass is 306 g/mol. The minimum absolute atomic E-state index is 0.0127. The summed E-state index contributed by atoms with van der Waals surface area (Å²) in [4.78, 5) is 11.6. The molecule has 0 heterocycles. The van der Waals surface area contributed by atoms with Gasteiger partial charge in [-0.2, -0.15) is 0 Å². The standard InChI is InChI=1S/C11H15ClN2O4S/c1-11(2,16)10(15)14-9-5-4-7(6-8(9)12)19(17,18)13-3/h4-6,13,16H,1-3H3,(H,14,15). The number of hydrogen-bond acceptors (Lipinski definition) is 4. The van der Waals surface area contributed by atoms with E-state index in [1.54, 1.807) is 0 Å². The molecule has 19 heavy (non-hydrogen) atoms. The van der Waals surface area contributed by atoms with Crippen molar-refractivity contribution in [1.29, 1.82) is 0 Å². The van der Waals surface area contributed by atoms with E-state index in [-0.39, 0.29) is 15.6 Å². The molecule has 1 aromatic carbocycles. The first kappa shape index (κ1) is 15.9. The summed E-state index contributed by atoms with van der Waals surface area (Å²) < 4.78 is 25.3. The summed E-state index contributed by atoms with van der Waals surface area (Å²) in [7, 11) is -2.31. The summed E-state index contributed by atoms with van der Waals surface area (Å²) in [5.74, 6) is -0.640. The van der Waals surface area contributed by atoms with E-state index in [0.29, 0.717) is 0 Å². The molecule has 1 rings (SSSR count). The number of sulfonamides is 1. The molecule has 0 aromatic heterocycles. The zero-order valence-electron chi connectivity index (χ0n) is 10.7. The molecule has 0 fully saturated rings. The van der Waals surface area contributed by atoms with E-state index in [0.717, 1.165) is 0 Å². The van der Waals surface area contributed by atoms with Gasteiger partial charge in [0.25, 0.3) is 5.91 Å². The first-order valence-corrected chi connectivity index (χ1v) is 7.21. The number of amides is 1. The van der Waals surface area contributed by atoms with Crippen LogP contribution in [0.4, 0.5) is 5.69 Å². The topological polar surface area (TPSA) is 95.5 Å². The second-order valence-electron chi connectivity index (χ2n) is 4.36. The lowest BCUT2D eigenvalue weighted by molar-refractivity contribution is -0.130. The third-order valence-corrected chi connectivity index (χ3v) is 4.05. The van der Waals surface area contributed by atoms with Crippen LogP contribution in [0.5, 0.6) is 0 Å². The summed E-state index contributed by atoms with van der Waals surface area (Å²) in [6.07, 6.45) is 0. The maximum atomic E-state index is 11.6. The van der Waals surface area contributed by atoms with Crippen LogP contribution in [0.15, 0.2) is 23.1 Å². The Morgan fingerprint density at radius 3 is 2.37 bits per heavy atom. The van der Waals surface area contributed by atoms with Gasteiger partial charge in [-0.3, -0.25) is 4.79 Å². The van der Waals surface area contributed by atoms with Crippen molar-refractivity contribution in [2.75, 3.05) is 12.4 Å². The van der Waals surface area contributed by atoms with Gasteiger partial charge < -0.3 is 10.4 Å². The van der Waals surface area contributed by atoms with Crippen molar-refractivity contribution in [1.82, 2.24) is 4.72 Å². The van der Waals surface area contributed by atoms with Crippen LogP contribution >= 0.6 is 11.6 Å². The third-order valence-electron chi connectivity index (χ3n) is 2.32. The minimum atomic E-state index is -3.59. The Labute approximate surface area is 116 Å². The zero-order chi connectivity index (χ0) is 14.8. The number of aliphatic hydroxyl groups is 1. The number of benzene rings is 1. The summed E-state index contributed by atoms with van der Waals surface area (Å²) in [5.41, 5.74) is -1.33. The molecule has 106 valence electrons. The molecule has 1 aromatic rings. The maximum Gasteiger partial charge on any atom is 0.255 e. The molecular formula is C11H15ClN2O4S. The van der Waals surface area contributed by atoms with Crippen molar-refractivity contribution < 1.29 is 18.3 Å². The normalized spacial score (nSPS) is 12.3. The van der Waals surface area contributed by atoms with Gasteiger partial charge in [-0.25, -0.2) is 13.1 Å². The van der Waals surface area contributed by atoms with E-state index < -0.39 is 21.5 Å². The van der Waals surface area contributed by atoms with Crippen LogP contribution in [0, 0.1) is 0 Å². The number of carbonyl (C=O) groups is 1. The predicted molar refractivity (Wildman–Crippen MR) is 72.6 cm³/mol. The van der Waals surface area contributed by atoms with E-state index >= 15 is 0 Å². The van der Waals surface area contributed by atoms with Crippen molar-refractivity contribution in [3.8, 4) is 0 Å². The van der Waals surface area contributed by atoms with Crippen molar-refractivity contribution >= 4 is 33.2 Å². The lowest BCUT2D eigenvalue weighted by atomic mass is 10.1. The Hall–Kier alpha value is -1.15. The highest BCUT2D eigenvalue weighted by Gasteiger charge is 2.24. The van der Waals surface area contributed by atoms with E-state index in [2.05, 4.69) is 10.0 Å². The maximum absolute atomic E-state index is 11.6. The molecule has 0 aliphatic heterocycles. The molecule has 0 saturated carbocycles. The number of halogens is 1. The van der Waals surface area contributed by atoms with Crippen LogP contribution in [0.25, 0.3) is 0 Å². The van der Waals surface area contributed by atoms with Crippen LogP contribution < -0.4 is 10.0 Å². The summed E-state index contributed by atoms with van der Waals surface area (Å²) >= 11 is 5.90. The molecular weight excluding hydrogens is 292 g/mol. The Morgan fingerprint density at radius 2 is 1.95 bits per heavy atom. The summed E-state index contributed by atoms with van der Waals surface area (Å²) in [6, 6.07) is 3.88. The quantitative estimate of drug-likeness (QED) is 0.772. The number of rotatable bonds is 4. The van der Waals surface area contributed by atoms with Crippen LogP contribution in [0.2, 0.25) is 5.02 Å². The molecule has 0 saturated heterocycles. The average Bonchev–Trinajstić information content (AvgIpc) is 2.30. The van der Waals surface area contributed by atoms with Crippen LogP contribution in [-0.4, -0.2) is 32.1 Å². The Balaban J connectivity index is 3.06. The highest BCUT2D eigenvalue weighted by Crippen LogP contribution is 2.25. The lowest BCUT2D eigenvalue weighted by Gasteiger charge is -2.17. The van der Waals surface area contributed by atoms with Crippen molar-refractivity contribution in [2.24, 2.45) is 0 Å². The van der Waals surface area contributed by atoms with Crippen molar-refractivity contribution in [3.05, 3.63) is 23.2 Å². The predicted octanol–water partition coefficient (Wildman–Crippen LogP) is 0.957. The Morgan fingerprint density at radius 1 is 1.37 bits per heavy atom. The highest BCUT2D eigenvalue weighted by atomic mass is 35.5. The van der Waals surface area contributed by atoms with Gasteiger partial charge in [-0.1, -0.05) is 11.6 Å². The van der Waals surface area contributed by atoms with E-state index in [1.807, 2.05) is 0 Å². The molecule has 0 aliphatic rings. The van der Waals surface area contributed by atoms with Crippen molar-refractivity contribution in [2.45, 2.75) is 24.3 Å². The third kappa shape index (κ3) is 3.90. The van der Waals surface area contributed by atoms with Gasteiger partial charge in [0.05, 0.1) is 15.6 Å². The summed E-state index contributed by atoms with van der Waals surface area (Å²) in [6.45, 7) is 2.66. The molecule has 3 N–H and O–H groups in total. The van der Waals surface area contributed by atoms with E-state index in [9.17, 15) is 18.3 Å². The minimum Gasteiger partial charge on any atom is -0.381 e. The Bertz CT molecular complexity index is 593. The van der Waals surface area contributed by atoms with Gasteiger partial charge >= 0.3 is 0 Å². The molecule has 0 spiro atoms. The smallest absolute Gasteiger partial charge is 0.255 e. The van der Waals surface area contributed by atoms with Gasteiger partial charge in [0.1, 0.15) is 5.60 Å². The number of nitrogens with one attached hydrogen (secondary N) is 2. The second kappa shape index (κ2) is 5.46.